The van der Waals surface area contributed by atoms with Gasteiger partial charge < -0.3 is 69.5 Å². The van der Waals surface area contributed by atoms with E-state index in [2.05, 4.69) is 31.9 Å². The smallest absolute Gasteiger partial charge is 0.305 e. The second-order valence-electron chi connectivity index (χ2n) is 17.3. The first-order valence-corrected chi connectivity index (χ1v) is 22.4. The quantitative estimate of drug-likeness (QED) is 0.0420. The maximum atomic E-state index is 13.4. The van der Waals surface area contributed by atoms with Crippen molar-refractivity contribution in [2.45, 2.75) is 160 Å². The third kappa shape index (κ3) is 26.9. The van der Waals surface area contributed by atoms with Crippen LogP contribution in [0.3, 0.4) is 0 Å². The average Bonchev–Trinajstić information content (AvgIpc) is 3.20. The first kappa shape index (κ1) is 57.6. The van der Waals surface area contributed by atoms with Crippen molar-refractivity contribution in [1.29, 1.82) is 0 Å². The van der Waals surface area contributed by atoms with Gasteiger partial charge in [0.25, 0.3) is 0 Å². The number of benzene rings is 1. The number of rotatable bonds is 34. The number of carbonyl (C=O) groups is 8. The van der Waals surface area contributed by atoms with Crippen LogP contribution in [-0.2, 0) is 44.8 Å². The van der Waals surface area contributed by atoms with Gasteiger partial charge in [0.05, 0.1) is 19.1 Å². The maximum absolute atomic E-state index is 13.4. The second kappa shape index (κ2) is 31.5. The lowest BCUT2D eigenvalue weighted by Gasteiger charge is -2.26. The lowest BCUT2D eigenvalue weighted by Crippen LogP contribution is -2.48. The molecule has 0 saturated carbocycles. The van der Waals surface area contributed by atoms with Crippen LogP contribution in [0.1, 0.15) is 117 Å². The molecule has 0 spiro atoms. The third-order valence-corrected chi connectivity index (χ3v) is 10.6. The standard InChI is InChI=1S/C44H75N9O12/c1-26(2)35(52-37(56)18-29(47)7-5-15-45)23-41(60)48-30(8-6-16-46)19-38(57)49-31(11-14-43(62)63)20-40(59)53-36(27(3)4)24-42(61)51-33(25-54)21-39(58)50-32(22-44(64)65)17-28-9-12-34(55)13-10-28/h9-10,12-13,26-27,29-33,35-36,54-55H,5-8,11,14-25,45-47H2,1-4H3,(H,48,60)(H,49,57)(H,50,58)(H,51,61)(H,52,56)(H,53,59)(H,62,63)(H,64,65)/t29-,30-,31-,32-,33+,35+,36+/m0/s1. The molecular formula is C44H75N9O12. The Kier molecular flexibility index (Phi) is 27.9. The summed E-state index contributed by atoms with van der Waals surface area (Å²) in [5.74, 6) is -5.74. The fourth-order valence-electron chi connectivity index (χ4n) is 6.95. The molecule has 0 fully saturated rings. The number of aromatic hydroxyl groups is 1. The summed E-state index contributed by atoms with van der Waals surface area (Å²) in [7, 11) is 0. The zero-order valence-electron chi connectivity index (χ0n) is 38.3. The van der Waals surface area contributed by atoms with Crippen LogP contribution in [0.25, 0.3) is 0 Å². The van der Waals surface area contributed by atoms with Crippen LogP contribution in [-0.4, -0.2) is 130 Å². The van der Waals surface area contributed by atoms with E-state index in [1.807, 2.05) is 13.8 Å². The predicted octanol–water partition coefficient (Wildman–Crippen LogP) is -0.367. The van der Waals surface area contributed by atoms with E-state index in [9.17, 15) is 58.8 Å². The largest absolute Gasteiger partial charge is 0.508 e. The SMILES string of the molecule is CC(C)[C@@H](CC(=O)N[C@@H](CCCN)CC(=O)N[C@@H](CCC(=O)O)CC(=O)N[C@H](CC(=O)N[C@@H](CO)CC(=O)N[C@H](CC(=O)O)Cc1ccc(O)cc1)C(C)C)NC(=O)C[C@@H](N)CCCN. The maximum Gasteiger partial charge on any atom is 0.305 e. The van der Waals surface area contributed by atoms with E-state index >= 15 is 0 Å². The van der Waals surface area contributed by atoms with E-state index in [1.54, 1.807) is 26.0 Å². The van der Waals surface area contributed by atoms with Crippen molar-refractivity contribution in [3.05, 3.63) is 29.8 Å². The Hall–Kier alpha value is -5.38. The highest BCUT2D eigenvalue weighted by atomic mass is 16.4. The molecule has 1 rings (SSSR count). The van der Waals surface area contributed by atoms with E-state index in [0.717, 1.165) is 0 Å². The Labute approximate surface area is 381 Å². The van der Waals surface area contributed by atoms with Crippen molar-refractivity contribution in [2.75, 3.05) is 19.7 Å². The highest BCUT2D eigenvalue weighted by molar-refractivity contribution is 5.84. The number of aliphatic hydroxyl groups excluding tert-OH is 1. The molecule has 7 atom stereocenters. The van der Waals surface area contributed by atoms with Crippen LogP contribution < -0.4 is 49.1 Å². The molecule has 16 N–H and O–H groups in total. The summed E-state index contributed by atoms with van der Waals surface area (Å²) < 4.78 is 0. The van der Waals surface area contributed by atoms with Crippen molar-refractivity contribution in [3.63, 3.8) is 0 Å². The van der Waals surface area contributed by atoms with Gasteiger partial charge in [0.2, 0.25) is 35.4 Å². The van der Waals surface area contributed by atoms with Crippen LogP contribution >= 0.6 is 0 Å². The number of nitrogens with two attached hydrogens (primary N) is 3. The van der Waals surface area contributed by atoms with Crippen LogP contribution in [0.15, 0.2) is 24.3 Å². The number of phenolic OH excluding ortho intramolecular Hbond substituents is 1. The topological polar surface area (TPSA) is 368 Å². The van der Waals surface area contributed by atoms with Crippen LogP contribution in [0.2, 0.25) is 0 Å². The number of nitrogens with one attached hydrogen (secondary N) is 6. The molecular weight excluding hydrogens is 847 g/mol. The molecule has 0 aliphatic heterocycles. The van der Waals surface area contributed by atoms with Crippen LogP contribution in [0.4, 0.5) is 0 Å². The molecule has 0 aliphatic carbocycles. The summed E-state index contributed by atoms with van der Waals surface area (Å²) in [6.45, 7) is 7.35. The Morgan fingerprint density at radius 2 is 0.938 bits per heavy atom. The van der Waals surface area contributed by atoms with Crippen molar-refractivity contribution in [1.82, 2.24) is 31.9 Å². The minimum atomic E-state index is -1.15. The molecule has 368 valence electrons. The van der Waals surface area contributed by atoms with Gasteiger partial charge in [0, 0.05) is 81.2 Å². The molecule has 0 aromatic heterocycles. The lowest BCUT2D eigenvalue weighted by atomic mass is 9.98. The number of phenols is 1. The van der Waals surface area contributed by atoms with Gasteiger partial charge in [-0.15, -0.1) is 0 Å². The molecule has 0 bridgehead atoms. The van der Waals surface area contributed by atoms with Crippen LogP contribution in [0, 0.1) is 11.8 Å². The molecule has 1 aromatic carbocycles. The minimum absolute atomic E-state index is 0.0233. The van der Waals surface area contributed by atoms with E-state index in [1.165, 1.54) is 12.1 Å². The Balaban J connectivity index is 2.92. The summed E-state index contributed by atoms with van der Waals surface area (Å²) in [6, 6.07) is 0.962. The summed E-state index contributed by atoms with van der Waals surface area (Å²) in [4.78, 5) is 102. The number of hydrogen-bond donors (Lipinski definition) is 13. The van der Waals surface area contributed by atoms with E-state index < -0.39 is 90.8 Å². The van der Waals surface area contributed by atoms with Gasteiger partial charge in [-0.1, -0.05) is 39.8 Å². The average molecular weight is 922 g/mol. The summed E-state index contributed by atoms with van der Waals surface area (Å²) in [5.41, 5.74) is 18.0. The Morgan fingerprint density at radius 3 is 1.40 bits per heavy atom. The van der Waals surface area contributed by atoms with Crippen molar-refractivity contribution in [2.24, 2.45) is 29.0 Å². The molecule has 65 heavy (non-hydrogen) atoms. The summed E-state index contributed by atoms with van der Waals surface area (Å²) in [5, 5.41) is 54.7. The monoisotopic (exact) mass is 922 g/mol. The molecule has 0 heterocycles. The number of hydrogen-bond acceptors (Lipinski definition) is 13. The van der Waals surface area contributed by atoms with E-state index in [0.29, 0.717) is 37.8 Å². The first-order valence-electron chi connectivity index (χ1n) is 22.4. The van der Waals surface area contributed by atoms with Gasteiger partial charge in [0.1, 0.15) is 5.75 Å². The number of carboxylic acids is 2. The van der Waals surface area contributed by atoms with Crippen molar-refractivity contribution >= 4 is 47.4 Å². The molecule has 21 nitrogen and oxygen atoms in total. The molecule has 0 unspecified atom stereocenters. The zero-order valence-corrected chi connectivity index (χ0v) is 38.3. The number of aliphatic hydroxyl groups is 1. The fraction of sp³-hybridized carbons (Fsp3) is 0.682. The van der Waals surface area contributed by atoms with Gasteiger partial charge in [-0.05, 0) is 81.1 Å². The Bertz CT molecular complexity index is 1660. The van der Waals surface area contributed by atoms with Gasteiger partial charge in [0.15, 0.2) is 0 Å². The molecule has 0 radical (unpaired) electrons. The normalized spacial score (nSPS) is 14.5. The van der Waals surface area contributed by atoms with Crippen molar-refractivity contribution in [3.8, 4) is 5.75 Å². The molecule has 0 saturated heterocycles. The summed E-state index contributed by atoms with van der Waals surface area (Å²) in [6.07, 6.45) is 0.199. The van der Waals surface area contributed by atoms with Gasteiger partial charge in [-0.2, -0.15) is 0 Å². The lowest BCUT2D eigenvalue weighted by molar-refractivity contribution is -0.138. The van der Waals surface area contributed by atoms with Gasteiger partial charge in [-0.3, -0.25) is 38.4 Å². The zero-order chi connectivity index (χ0) is 49.1. The summed E-state index contributed by atoms with van der Waals surface area (Å²) >= 11 is 0. The van der Waals surface area contributed by atoms with Gasteiger partial charge >= 0.3 is 11.9 Å². The van der Waals surface area contributed by atoms with E-state index in [4.69, 9.17) is 17.2 Å². The predicted molar refractivity (Wildman–Crippen MR) is 242 cm³/mol. The number of carboxylic acid groups (broad SMARTS) is 2. The molecule has 21 heteroatoms. The first-order chi connectivity index (χ1) is 30.6. The molecule has 1 aromatic rings. The number of amides is 6. The minimum Gasteiger partial charge on any atom is -0.508 e. The fourth-order valence-corrected chi connectivity index (χ4v) is 6.95. The highest BCUT2D eigenvalue weighted by Crippen LogP contribution is 2.15. The highest BCUT2D eigenvalue weighted by Gasteiger charge is 2.28. The van der Waals surface area contributed by atoms with Gasteiger partial charge in [-0.25, -0.2) is 0 Å². The van der Waals surface area contributed by atoms with E-state index in [-0.39, 0.29) is 93.9 Å². The number of aliphatic carboxylic acids is 2. The third-order valence-electron chi connectivity index (χ3n) is 10.6. The number of carbonyl (C=O) groups excluding carboxylic acids is 6. The van der Waals surface area contributed by atoms with Crippen LogP contribution in [0.5, 0.6) is 5.75 Å². The Morgan fingerprint density at radius 1 is 0.523 bits per heavy atom. The molecule has 0 aliphatic rings. The van der Waals surface area contributed by atoms with Crippen molar-refractivity contribution < 1.29 is 58.8 Å². The second-order valence-corrected chi connectivity index (χ2v) is 17.3. The molecule has 6 amide bonds.